The Bertz CT molecular complexity index is 2800. The second-order valence-corrected chi connectivity index (χ2v) is 13.2. The average molecular weight is 689 g/mol. The molecule has 0 saturated carbocycles. The van der Waals surface area contributed by atoms with E-state index in [0.717, 1.165) is 61.2 Å². The van der Waals surface area contributed by atoms with Crippen molar-refractivity contribution in [2.45, 2.75) is 0 Å². The van der Waals surface area contributed by atoms with Crippen LogP contribution in [0.15, 0.2) is 194 Å². The minimum atomic E-state index is 0.576. The lowest BCUT2D eigenvalue weighted by molar-refractivity contribution is 1.07. The summed E-state index contributed by atoms with van der Waals surface area (Å²) in [6.07, 6.45) is 0. The number of fused-ring (bicyclic) bond motifs is 1. The topological polar surface area (TPSA) is 62.5 Å². The summed E-state index contributed by atoms with van der Waals surface area (Å²) in [6.45, 7) is 0. The first-order valence-corrected chi connectivity index (χ1v) is 17.9. The maximum Gasteiger partial charge on any atom is 0.164 e. The van der Waals surface area contributed by atoms with Gasteiger partial charge < -0.3 is 0 Å². The van der Waals surface area contributed by atoms with Crippen molar-refractivity contribution >= 4 is 10.8 Å². The summed E-state index contributed by atoms with van der Waals surface area (Å²) in [4.78, 5) is 15.6. The number of rotatable bonds is 7. The second-order valence-electron chi connectivity index (χ2n) is 13.2. The third-order valence-electron chi connectivity index (χ3n) is 9.78. The Hall–Kier alpha value is -7.48. The molecule has 1 heterocycles. The van der Waals surface area contributed by atoms with Gasteiger partial charge in [-0.1, -0.05) is 164 Å². The minimum absolute atomic E-state index is 0.576. The lowest BCUT2D eigenvalue weighted by Gasteiger charge is -2.15. The van der Waals surface area contributed by atoms with Crippen LogP contribution in [0.3, 0.4) is 0 Å². The molecular weight excluding hydrogens is 657 g/mol. The standard InChI is InChI=1S/C50H32N4/c51-33-34-18-20-39(21-19-34)42-16-9-17-45(31-42)49-52-48(40-25-22-38(23-26-40)35-10-3-1-4-11-35)53-50(54-49)47-32-43(36-12-5-2-6-13-36)28-29-46(47)44-27-24-37-14-7-8-15-41(37)30-44/h1-32H. The highest BCUT2D eigenvalue weighted by molar-refractivity contribution is 5.92. The molecule has 0 aliphatic carbocycles. The van der Waals surface area contributed by atoms with Crippen molar-refractivity contribution in [3.05, 3.63) is 200 Å². The van der Waals surface area contributed by atoms with Gasteiger partial charge in [-0.2, -0.15) is 5.26 Å². The van der Waals surface area contributed by atoms with E-state index < -0.39 is 0 Å². The Labute approximate surface area is 314 Å². The van der Waals surface area contributed by atoms with Gasteiger partial charge >= 0.3 is 0 Å². The molecule has 0 fully saturated rings. The van der Waals surface area contributed by atoms with Crippen LogP contribution >= 0.6 is 0 Å². The third-order valence-corrected chi connectivity index (χ3v) is 9.78. The highest BCUT2D eigenvalue weighted by Crippen LogP contribution is 2.37. The van der Waals surface area contributed by atoms with Crippen molar-refractivity contribution in [2.24, 2.45) is 0 Å². The van der Waals surface area contributed by atoms with Crippen molar-refractivity contribution in [1.82, 2.24) is 15.0 Å². The Kier molecular flexibility index (Phi) is 8.57. The molecule has 0 saturated heterocycles. The maximum atomic E-state index is 9.35. The Balaban J connectivity index is 1.24. The number of nitrogens with zero attached hydrogens (tertiary/aromatic N) is 4. The van der Waals surface area contributed by atoms with Gasteiger partial charge in [-0.05, 0) is 85.6 Å². The van der Waals surface area contributed by atoms with Crippen LogP contribution in [0, 0.1) is 11.3 Å². The van der Waals surface area contributed by atoms with Gasteiger partial charge in [-0.3, -0.25) is 0 Å². The molecule has 0 aliphatic heterocycles. The Morgan fingerprint density at radius 3 is 1.50 bits per heavy atom. The van der Waals surface area contributed by atoms with Crippen LogP contribution in [0.4, 0.5) is 0 Å². The van der Waals surface area contributed by atoms with Crippen molar-refractivity contribution in [3.8, 4) is 84.7 Å². The van der Waals surface area contributed by atoms with Gasteiger partial charge in [0.2, 0.25) is 0 Å². The van der Waals surface area contributed by atoms with Gasteiger partial charge in [0.25, 0.3) is 0 Å². The van der Waals surface area contributed by atoms with Crippen LogP contribution in [0.1, 0.15) is 5.56 Å². The SMILES string of the molecule is N#Cc1ccc(-c2cccc(-c3nc(-c4ccc(-c5ccccc5)cc4)nc(-c4cc(-c5ccccc5)ccc4-c4ccc5ccccc5c4)n3)c2)cc1. The first-order valence-electron chi connectivity index (χ1n) is 17.9. The monoisotopic (exact) mass is 688 g/mol. The van der Waals surface area contributed by atoms with E-state index in [1.165, 1.54) is 10.8 Å². The van der Waals surface area contributed by atoms with Crippen molar-refractivity contribution in [3.63, 3.8) is 0 Å². The molecular formula is C50H32N4. The molecule has 0 radical (unpaired) electrons. The van der Waals surface area contributed by atoms with E-state index in [9.17, 15) is 5.26 Å². The largest absolute Gasteiger partial charge is 0.208 e. The fraction of sp³-hybridized carbons (Fsp3) is 0. The predicted molar refractivity (Wildman–Crippen MR) is 220 cm³/mol. The summed E-state index contributed by atoms with van der Waals surface area (Å²) in [7, 11) is 0. The van der Waals surface area contributed by atoms with E-state index in [-0.39, 0.29) is 0 Å². The molecule has 0 aliphatic rings. The summed E-state index contributed by atoms with van der Waals surface area (Å²) in [5.74, 6) is 1.76. The molecule has 252 valence electrons. The van der Waals surface area contributed by atoms with Crippen LogP contribution in [0.25, 0.3) is 89.4 Å². The van der Waals surface area contributed by atoms with E-state index in [0.29, 0.717) is 23.0 Å². The van der Waals surface area contributed by atoms with Gasteiger partial charge in [0.05, 0.1) is 11.6 Å². The lowest BCUT2D eigenvalue weighted by Crippen LogP contribution is -2.01. The molecule has 4 nitrogen and oxygen atoms in total. The zero-order chi connectivity index (χ0) is 36.3. The normalized spacial score (nSPS) is 10.9. The fourth-order valence-corrected chi connectivity index (χ4v) is 6.92. The van der Waals surface area contributed by atoms with Crippen LogP contribution in [0.5, 0.6) is 0 Å². The molecule has 0 amide bonds. The second kappa shape index (κ2) is 14.3. The predicted octanol–water partition coefficient (Wildman–Crippen LogP) is 12.6. The molecule has 4 heteroatoms. The van der Waals surface area contributed by atoms with Gasteiger partial charge in [0.15, 0.2) is 17.5 Å². The quantitative estimate of drug-likeness (QED) is 0.167. The Morgan fingerprint density at radius 1 is 0.296 bits per heavy atom. The zero-order valence-corrected chi connectivity index (χ0v) is 29.3. The van der Waals surface area contributed by atoms with Crippen LogP contribution in [0.2, 0.25) is 0 Å². The summed E-state index contributed by atoms with van der Waals surface area (Å²) in [5.41, 5.74) is 11.9. The van der Waals surface area contributed by atoms with E-state index in [1.54, 1.807) is 0 Å². The third kappa shape index (κ3) is 6.54. The van der Waals surface area contributed by atoms with Crippen molar-refractivity contribution < 1.29 is 0 Å². The molecule has 9 rings (SSSR count). The van der Waals surface area contributed by atoms with Gasteiger partial charge in [-0.25, -0.2) is 15.0 Å². The smallest absolute Gasteiger partial charge is 0.164 e. The summed E-state index contributed by atoms with van der Waals surface area (Å²) >= 11 is 0. The summed E-state index contributed by atoms with van der Waals surface area (Å²) in [6, 6.07) is 68.8. The molecule has 0 N–H and O–H groups in total. The number of nitriles is 1. The fourth-order valence-electron chi connectivity index (χ4n) is 6.92. The molecule has 1 aromatic heterocycles. The first kappa shape index (κ1) is 32.4. The van der Waals surface area contributed by atoms with Crippen LogP contribution in [-0.4, -0.2) is 15.0 Å². The van der Waals surface area contributed by atoms with E-state index >= 15 is 0 Å². The van der Waals surface area contributed by atoms with E-state index in [1.807, 2.05) is 48.5 Å². The summed E-state index contributed by atoms with van der Waals surface area (Å²) < 4.78 is 0. The maximum absolute atomic E-state index is 9.35. The number of hydrogen-bond acceptors (Lipinski definition) is 4. The van der Waals surface area contributed by atoms with Crippen LogP contribution < -0.4 is 0 Å². The first-order chi connectivity index (χ1) is 26.7. The molecule has 54 heavy (non-hydrogen) atoms. The van der Waals surface area contributed by atoms with E-state index in [2.05, 4.69) is 152 Å². The number of hydrogen-bond donors (Lipinski definition) is 0. The number of aromatic nitrogens is 3. The van der Waals surface area contributed by atoms with Gasteiger partial charge in [-0.15, -0.1) is 0 Å². The molecule has 8 aromatic carbocycles. The van der Waals surface area contributed by atoms with E-state index in [4.69, 9.17) is 15.0 Å². The molecule has 0 unspecified atom stereocenters. The molecule has 0 atom stereocenters. The lowest BCUT2D eigenvalue weighted by atomic mass is 9.93. The minimum Gasteiger partial charge on any atom is -0.208 e. The highest BCUT2D eigenvalue weighted by atomic mass is 15.0. The average Bonchev–Trinajstić information content (AvgIpc) is 3.26. The van der Waals surface area contributed by atoms with Crippen molar-refractivity contribution in [1.29, 1.82) is 5.26 Å². The number of benzene rings is 8. The molecule has 0 spiro atoms. The van der Waals surface area contributed by atoms with Gasteiger partial charge in [0, 0.05) is 16.7 Å². The van der Waals surface area contributed by atoms with Crippen LogP contribution in [-0.2, 0) is 0 Å². The zero-order valence-electron chi connectivity index (χ0n) is 29.3. The molecule has 0 bridgehead atoms. The summed E-state index contributed by atoms with van der Waals surface area (Å²) in [5, 5.41) is 11.7. The van der Waals surface area contributed by atoms with Gasteiger partial charge in [0.1, 0.15) is 0 Å². The highest BCUT2D eigenvalue weighted by Gasteiger charge is 2.18. The molecule has 9 aromatic rings. The Morgan fingerprint density at radius 2 is 0.778 bits per heavy atom. The van der Waals surface area contributed by atoms with Crippen molar-refractivity contribution in [2.75, 3.05) is 0 Å².